The summed E-state index contributed by atoms with van der Waals surface area (Å²) in [5.41, 5.74) is 0. The first-order valence-corrected chi connectivity index (χ1v) is 6.15. The summed E-state index contributed by atoms with van der Waals surface area (Å²) in [7, 11) is 1.69. The van der Waals surface area contributed by atoms with E-state index < -0.39 is 0 Å². The average molecular weight is 255 g/mol. The van der Waals surface area contributed by atoms with Crippen molar-refractivity contribution in [2.75, 3.05) is 6.54 Å². The van der Waals surface area contributed by atoms with Crippen LogP contribution in [-0.2, 0) is 0 Å². The van der Waals surface area contributed by atoms with Crippen LogP contribution >= 0.6 is 30.1 Å². The molecular formula is C6H10INS. The van der Waals surface area contributed by atoms with Crippen molar-refractivity contribution >= 4 is 36.4 Å². The van der Waals surface area contributed by atoms with E-state index in [-0.39, 0.29) is 0 Å². The second kappa shape index (κ2) is 6.61. The molecule has 0 aromatic heterocycles. The second-order valence-electron chi connectivity index (χ2n) is 1.40. The molecule has 0 unspecified atom stereocenters. The van der Waals surface area contributed by atoms with E-state index in [1.54, 1.807) is 8.93 Å². The first kappa shape index (κ1) is 9.49. The molecule has 0 aromatic carbocycles. The fourth-order valence-corrected chi connectivity index (χ4v) is 1.63. The molecule has 3 heteroatoms. The lowest BCUT2D eigenvalue weighted by Gasteiger charge is -1.88. The van der Waals surface area contributed by atoms with Crippen molar-refractivity contribution in [1.82, 2.24) is 0 Å². The van der Waals surface area contributed by atoms with Crippen LogP contribution in [0.2, 0.25) is 0 Å². The Labute approximate surface area is 72.6 Å². The van der Waals surface area contributed by atoms with Gasteiger partial charge in [-0.3, -0.25) is 4.99 Å². The molecule has 0 saturated heterocycles. The summed E-state index contributed by atoms with van der Waals surface area (Å²) in [4.78, 5) is 5.31. The third-order valence-corrected chi connectivity index (χ3v) is 2.82. The molecular weight excluding hydrogens is 245 g/mol. The Kier molecular flexibility index (Phi) is 6.97. The van der Waals surface area contributed by atoms with Crippen LogP contribution in [0.3, 0.4) is 0 Å². The van der Waals surface area contributed by atoms with Crippen molar-refractivity contribution in [2.45, 2.75) is 13.8 Å². The van der Waals surface area contributed by atoms with Crippen LogP contribution in [0.1, 0.15) is 13.8 Å². The van der Waals surface area contributed by atoms with E-state index >= 15 is 0 Å². The highest BCUT2D eigenvalue weighted by molar-refractivity contribution is 14.2. The standard InChI is InChI=1S/C6H10INS/c1-3-6(9-7)5-8-4-2/h3,5H,4H2,1-2H3/b6-3+,8-5-. The Morgan fingerprint density at radius 1 is 1.78 bits per heavy atom. The minimum Gasteiger partial charge on any atom is -0.292 e. The minimum absolute atomic E-state index is 0.870. The number of nitrogens with zero attached hydrogens (tertiary/aromatic N) is 1. The van der Waals surface area contributed by atoms with Crippen molar-refractivity contribution < 1.29 is 0 Å². The molecule has 0 saturated carbocycles. The Balaban J connectivity index is 3.70. The van der Waals surface area contributed by atoms with E-state index in [1.807, 2.05) is 20.1 Å². The van der Waals surface area contributed by atoms with E-state index in [9.17, 15) is 0 Å². The van der Waals surface area contributed by atoms with E-state index in [0.717, 1.165) is 6.54 Å². The highest BCUT2D eigenvalue weighted by atomic mass is 127. The fraction of sp³-hybridized carbons (Fsp3) is 0.500. The zero-order chi connectivity index (χ0) is 7.11. The van der Waals surface area contributed by atoms with Crippen LogP contribution < -0.4 is 0 Å². The zero-order valence-electron chi connectivity index (χ0n) is 5.60. The Bertz CT molecular complexity index is 120. The minimum atomic E-state index is 0.870. The van der Waals surface area contributed by atoms with Crippen LogP contribution in [0, 0.1) is 0 Å². The lowest BCUT2D eigenvalue weighted by molar-refractivity contribution is 1.14. The maximum absolute atomic E-state index is 4.09. The van der Waals surface area contributed by atoms with E-state index in [0.29, 0.717) is 0 Å². The fourth-order valence-electron chi connectivity index (χ4n) is 0.320. The van der Waals surface area contributed by atoms with Crippen molar-refractivity contribution in [3.63, 3.8) is 0 Å². The molecule has 0 aliphatic heterocycles. The molecule has 9 heavy (non-hydrogen) atoms. The van der Waals surface area contributed by atoms with Gasteiger partial charge in [0, 0.05) is 38.9 Å². The number of halogens is 1. The molecule has 0 heterocycles. The predicted octanol–water partition coefficient (Wildman–Crippen LogP) is 3.06. The largest absolute Gasteiger partial charge is 0.292 e. The summed E-state index contributed by atoms with van der Waals surface area (Å²) in [6.07, 6.45) is 3.95. The molecule has 0 aromatic rings. The van der Waals surface area contributed by atoms with Gasteiger partial charge in [0.2, 0.25) is 0 Å². The van der Waals surface area contributed by atoms with Crippen LogP contribution in [-0.4, -0.2) is 12.8 Å². The molecule has 0 amide bonds. The molecule has 0 N–H and O–H groups in total. The first-order valence-electron chi connectivity index (χ1n) is 2.79. The molecule has 52 valence electrons. The smallest absolute Gasteiger partial charge is 0.0361 e. The van der Waals surface area contributed by atoms with Crippen LogP contribution in [0.15, 0.2) is 16.0 Å². The normalized spacial score (nSPS) is 13.0. The van der Waals surface area contributed by atoms with Crippen molar-refractivity contribution in [1.29, 1.82) is 0 Å². The number of rotatable bonds is 3. The summed E-state index contributed by atoms with van der Waals surface area (Å²) in [5.74, 6) is 0. The number of hydrogen-bond acceptors (Lipinski definition) is 2. The summed E-state index contributed by atoms with van der Waals surface area (Å²) < 4.78 is 0. The van der Waals surface area contributed by atoms with Gasteiger partial charge in [-0.1, -0.05) is 15.0 Å². The van der Waals surface area contributed by atoms with Gasteiger partial charge in [-0.15, -0.1) is 0 Å². The summed E-state index contributed by atoms with van der Waals surface area (Å²) in [6.45, 7) is 4.92. The maximum Gasteiger partial charge on any atom is 0.0361 e. The maximum atomic E-state index is 4.09. The monoisotopic (exact) mass is 255 g/mol. The molecule has 0 aliphatic carbocycles. The molecule has 0 bridgehead atoms. The van der Waals surface area contributed by atoms with E-state index in [1.165, 1.54) is 4.91 Å². The van der Waals surface area contributed by atoms with Gasteiger partial charge in [0.25, 0.3) is 0 Å². The van der Waals surface area contributed by atoms with Gasteiger partial charge >= 0.3 is 0 Å². The molecule has 0 fully saturated rings. The summed E-state index contributed by atoms with van der Waals surface area (Å²) >= 11 is 2.25. The van der Waals surface area contributed by atoms with Gasteiger partial charge in [0.15, 0.2) is 0 Å². The topological polar surface area (TPSA) is 12.4 Å². The summed E-state index contributed by atoms with van der Waals surface area (Å²) in [6, 6.07) is 0. The highest BCUT2D eigenvalue weighted by Crippen LogP contribution is 2.20. The predicted molar refractivity (Wildman–Crippen MR) is 54.4 cm³/mol. The zero-order valence-corrected chi connectivity index (χ0v) is 8.57. The van der Waals surface area contributed by atoms with Crippen molar-refractivity contribution in [2.24, 2.45) is 4.99 Å². The van der Waals surface area contributed by atoms with Gasteiger partial charge in [-0.05, 0) is 13.8 Å². The van der Waals surface area contributed by atoms with E-state index in [4.69, 9.17) is 0 Å². The second-order valence-corrected chi connectivity index (χ2v) is 3.34. The molecule has 1 nitrogen and oxygen atoms in total. The number of allylic oxidation sites excluding steroid dienone is 2. The van der Waals surface area contributed by atoms with Crippen LogP contribution in [0.4, 0.5) is 0 Å². The van der Waals surface area contributed by atoms with Crippen molar-refractivity contribution in [3.8, 4) is 0 Å². The summed E-state index contributed by atoms with van der Waals surface area (Å²) in [5, 5.41) is 0. The Morgan fingerprint density at radius 3 is 2.78 bits per heavy atom. The van der Waals surface area contributed by atoms with Crippen LogP contribution in [0.25, 0.3) is 0 Å². The molecule has 0 rings (SSSR count). The van der Waals surface area contributed by atoms with E-state index in [2.05, 4.69) is 32.3 Å². The van der Waals surface area contributed by atoms with Gasteiger partial charge in [-0.2, -0.15) is 0 Å². The lowest BCUT2D eigenvalue weighted by atomic mass is 10.5. The Hall–Kier alpha value is 0.490. The molecule has 0 atom stereocenters. The van der Waals surface area contributed by atoms with Crippen LogP contribution in [0.5, 0.6) is 0 Å². The number of hydrogen-bond donors (Lipinski definition) is 0. The SMILES string of the molecule is C/C=C(\C=N/CC)SI. The lowest BCUT2D eigenvalue weighted by Crippen LogP contribution is -1.75. The quantitative estimate of drug-likeness (QED) is 0.557. The van der Waals surface area contributed by atoms with Gasteiger partial charge in [-0.25, -0.2) is 0 Å². The average Bonchev–Trinajstić information content (AvgIpc) is 1.91. The van der Waals surface area contributed by atoms with Crippen molar-refractivity contribution in [3.05, 3.63) is 11.0 Å². The molecule has 0 aliphatic rings. The van der Waals surface area contributed by atoms with Gasteiger partial charge in [0.05, 0.1) is 0 Å². The highest BCUT2D eigenvalue weighted by Gasteiger charge is 1.84. The number of aliphatic imine (C=N–C) groups is 1. The Morgan fingerprint density at radius 2 is 2.44 bits per heavy atom. The third kappa shape index (κ3) is 4.96. The first-order chi connectivity index (χ1) is 4.35. The van der Waals surface area contributed by atoms with Gasteiger partial charge in [0.1, 0.15) is 0 Å². The molecule has 0 radical (unpaired) electrons. The van der Waals surface area contributed by atoms with Gasteiger partial charge < -0.3 is 0 Å². The third-order valence-electron chi connectivity index (χ3n) is 0.775. The molecule has 0 spiro atoms.